The van der Waals surface area contributed by atoms with Gasteiger partial charge in [0, 0.05) is 35.9 Å². The molecular weight excluding hydrogens is 460 g/mol. The summed E-state index contributed by atoms with van der Waals surface area (Å²) in [5.74, 6) is 2.16. The van der Waals surface area contributed by atoms with Gasteiger partial charge in [-0.1, -0.05) is 12.1 Å². The van der Waals surface area contributed by atoms with E-state index in [0.29, 0.717) is 16.6 Å². The van der Waals surface area contributed by atoms with Crippen molar-refractivity contribution in [2.75, 3.05) is 26.2 Å². The zero-order valence-corrected chi connectivity index (χ0v) is 20.5. The molecule has 2 atom stereocenters. The second-order valence-electron chi connectivity index (χ2n) is 8.04. The third-order valence-corrected chi connectivity index (χ3v) is 6.47. The molecular formula is C27H26N4O3S. The predicted octanol–water partition coefficient (Wildman–Crippen LogP) is 5.08. The van der Waals surface area contributed by atoms with E-state index in [0.717, 1.165) is 28.5 Å². The molecule has 35 heavy (non-hydrogen) atoms. The van der Waals surface area contributed by atoms with E-state index in [1.54, 1.807) is 27.5 Å². The predicted molar refractivity (Wildman–Crippen MR) is 140 cm³/mol. The van der Waals surface area contributed by atoms with Gasteiger partial charge in [0.25, 0.3) is 0 Å². The van der Waals surface area contributed by atoms with Gasteiger partial charge in [-0.3, -0.25) is 4.98 Å². The van der Waals surface area contributed by atoms with Crippen LogP contribution in [0.3, 0.4) is 0 Å². The topological polar surface area (TPSA) is 60.8 Å². The molecule has 0 radical (unpaired) electrons. The zero-order valence-electron chi connectivity index (χ0n) is 19.7. The molecule has 0 saturated carbocycles. The fraction of sp³-hybridized carbons (Fsp3) is 0.185. The maximum Gasteiger partial charge on any atom is 0.174 e. The molecule has 0 bridgehead atoms. The average molecular weight is 487 g/mol. The van der Waals surface area contributed by atoms with Gasteiger partial charge in [-0.05, 0) is 60.7 Å². The lowest BCUT2D eigenvalue weighted by atomic mass is 10.0. The highest BCUT2D eigenvalue weighted by atomic mass is 32.1. The molecule has 1 saturated heterocycles. The average Bonchev–Trinajstić information content (AvgIpc) is 3.53. The SMILES string of the molecule is COc1cccc(-n2cccc2C2C(c3ccccn3)NC(=S)N2c2ccc(OC)cc2OC)c1. The molecule has 2 aromatic heterocycles. The molecule has 0 aliphatic carbocycles. The van der Waals surface area contributed by atoms with Crippen LogP contribution >= 0.6 is 12.2 Å². The van der Waals surface area contributed by atoms with E-state index in [4.69, 9.17) is 26.4 Å². The Morgan fingerprint density at radius 3 is 2.43 bits per heavy atom. The molecule has 7 nitrogen and oxygen atoms in total. The van der Waals surface area contributed by atoms with Gasteiger partial charge in [-0.25, -0.2) is 0 Å². The number of hydrogen-bond donors (Lipinski definition) is 1. The highest BCUT2D eigenvalue weighted by molar-refractivity contribution is 7.80. The van der Waals surface area contributed by atoms with Gasteiger partial charge >= 0.3 is 0 Å². The second kappa shape index (κ2) is 9.68. The van der Waals surface area contributed by atoms with Crippen molar-refractivity contribution in [1.82, 2.24) is 14.9 Å². The molecule has 8 heteroatoms. The van der Waals surface area contributed by atoms with Crippen molar-refractivity contribution >= 4 is 23.0 Å². The maximum atomic E-state index is 5.89. The van der Waals surface area contributed by atoms with Crippen LogP contribution in [-0.4, -0.2) is 36.0 Å². The summed E-state index contributed by atoms with van der Waals surface area (Å²) >= 11 is 5.89. The van der Waals surface area contributed by atoms with Crippen LogP contribution in [-0.2, 0) is 0 Å². The monoisotopic (exact) mass is 486 g/mol. The molecule has 4 aromatic rings. The van der Waals surface area contributed by atoms with Crippen molar-refractivity contribution in [2.24, 2.45) is 0 Å². The first kappa shape index (κ1) is 22.7. The summed E-state index contributed by atoms with van der Waals surface area (Å²) in [4.78, 5) is 6.75. The van der Waals surface area contributed by atoms with Crippen molar-refractivity contribution < 1.29 is 14.2 Å². The van der Waals surface area contributed by atoms with Crippen LogP contribution in [0.4, 0.5) is 5.69 Å². The standard InChI is InChI=1S/C27H26N4O3S/c1-32-19-9-6-8-18(16-19)30-15-7-11-23(30)26-25(21-10-4-5-14-28-21)29-27(35)31(26)22-13-12-20(33-2)17-24(22)34-3/h4-17,25-26H,1-3H3,(H,29,35). The number of thiocarbonyl (C=S) groups is 1. The van der Waals surface area contributed by atoms with Crippen molar-refractivity contribution in [1.29, 1.82) is 0 Å². The van der Waals surface area contributed by atoms with Crippen LogP contribution in [0.15, 0.2) is 85.2 Å². The Morgan fingerprint density at radius 1 is 0.857 bits per heavy atom. The molecule has 0 spiro atoms. The van der Waals surface area contributed by atoms with Crippen molar-refractivity contribution in [3.05, 3.63) is 96.6 Å². The molecule has 5 rings (SSSR count). The largest absolute Gasteiger partial charge is 0.497 e. The summed E-state index contributed by atoms with van der Waals surface area (Å²) in [5, 5.41) is 4.10. The second-order valence-corrected chi connectivity index (χ2v) is 8.43. The number of rotatable bonds is 7. The number of pyridine rings is 1. The van der Waals surface area contributed by atoms with E-state index in [9.17, 15) is 0 Å². The van der Waals surface area contributed by atoms with E-state index in [1.165, 1.54) is 0 Å². The van der Waals surface area contributed by atoms with Gasteiger partial charge in [0.05, 0.1) is 38.8 Å². The quantitative estimate of drug-likeness (QED) is 0.366. The molecule has 1 aliphatic heterocycles. The Morgan fingerprint density at radius 2 is 1.69 bits per heavy atom. The van der Waals surface area contributed by atoms with Crippen LogP contribution in [0, 0.1) is 0 Å². The summed E-state index contributed by atoms with van der Waals surface area (Å²) in [7, 11) is 4.95. The molecule has 2 aromatic carbocycles. The number of ether oxygens (including phenoxy) is 3. The van der Waals surface area contributed by atoms with Gasteiger partial charge in [0.2, 0.25) is 0 Å². The first-order valence-corrected chi connectivity index (χ1v) is 11.6. The molecule has 3 heterocycles. The lowest BCUT2D eigenvalue weighted by Crippen LogP contribution is -2.30. The van der Waals surface area contributed by atoms with Crippen molar-refractivity contribution in [3.63, 3.8) is 0 Å². The highest BCUT2D eigenvalue weighted by Gasteiger charge is 2.43. The maximum absolute atomic E-state index is 5.89. The summed E-state index contributed by atoms with van der Waals surface area (Å²) in [5.41, 5.74) is 3.77. The Kier molecular flexibility index (Phi) is 6.29. The molecule has 1 aliphatic rings. The minimum absolute atomic E-state index is 0.185. The summed E-state index contributed by atoms with van der Waals surface area (Å²) in [6.07, 6.45) is 3.85. The van der Waals surface area contributed by atoms with E-state index < -0.39 is 0 Å². The minimum atomic E-state index is -0.208. The molecule has 0 amide bonds. The number of methoxy groups -OCH3 is 3. The number of anilines is 1. The van der Waals surface area contributed by atoms with Crippen LogP contribution in [0.25, 0.3) is 5.69 Å². The first-order valence-electron chi connectivity index (χ1n) is 11.2. The van der Waals surface area contributed by atoms with Crippen LogP contribution in [0.2, 0.25) is 0 Å². The summed E-state index contributed by atoms with van der Waals surface area (Å²) in [6, 6.07) is 23.4. The summed E-state index contributed by atoms with van der Waals surface area (Å²) < 4.78 is 18.8. The van der Waals surface area contributed by atoms with Gasteiger partial charge < -0.3 is 29.0 Å². The lowest BCUT2D eigenvalue weighted by Gasteiger charge is -2.30. The lowest BCUT2D eigenvalue weighted by molar-refractivity contribution is 0.394. The van der Waals surface area contributed by atoms with E-state index >= 15 is 0 Å². The number of aromatic nitrogens is 2. The number of nitrogens with zero attached hydrogens (tertiary/aromatic N) is 3. The van der Waals surface area contributed by atoms with E-state index in [2.05, 4.69) is 31.9 Å². The molecule has 178 valence electrons. The Balaban J connectivity index is 1.68. The zero-order chi connectivity index (χ0) is 24.4. The van der Waals surface area contributed by atoms with Gasteiger partial charge in [0.15, 0.2) is 5.11 Å². The molecule has 2 unspecified atom stereocenters. The smallest absolute Gasteiger partial charge is 0.174 e. The third-order valence-electron chi connectivity index (χ3n) is 6.16. The van der Waals surface area contributed by atoms with Crippen LogP contribution in [0.5, 0.6) is 17.2 Å². The first-order chi connectivity index (χ1) is 17.1. The van der Waals surface area contributed by atoms with Crippen LogP contribution < -0.4 is 24.4 Å². The van der Waals surface area contributed by atoms with Gasteiger partial charge in [0.1, 0.15) is 23.3 Å². The summed E-state index contributed by atoms with van der Waals surface area (Å²) in [6.45, 7) is 0. The van der Waals surface area contributed by atoms with Crippen LogP contribution in [0.1, 0.15) is 23.5 Å². The van der Waals surface area contributed by atoms with Crippen molar-refractivity contribution in [3.8, 4) is 22.9 Å². The Labute approximate surface area is 209 Å². The van der Waals surface area contributed by atoms with E-state index in [1.807, 2.05) is 66.9 Å². The third kappa shape index (κ3) is 4.17. The normalized spacial score (nSPS) is 17.2. The fourth-order valence-corrected chi connectivity index (χ4v) is 4.87. The number of nitrogens with one attached hydrogen (secondary N) is 1. The fourth-order valence-electron chi connectivity index (χ4n) is 4.53. The molecule has 1 fully saturated rings. The molecule has 1 N–H and O–H groups in total. The van der Waals surface area contributed by atoms with E-state index in [-0.39, 0.29) is 12.1 Å². The highest BCUT2D eigenvalue weighted by Crippen LogP contribution is 2.45. The van der Waals surface area contributed by atoms with Gasteiger partial charge in [-0.15, -0.1) is 0 Å². The van der Waals surface area contributed by atoms with Crippen molar-refractivity contribution in [2.45, 2.75) is 12.1 Å². The van der Waals surface area contributed by atoms with Gasteiger partial charge in [-0.2, -0.15) is 0 Å². The Bertz CT molecular complexity index is 1340. The minimum Gasteiger partial charge on any atom is -0.497 e. The number of benzene rings is 2. The number of hydrogen-bond acceptors (Lipinski definition) is 5. The Hall–Kier alpha value is -4.04.